The second-order valence-corrected chi connectivity index (χ2v) is 10.3. The first-order valence-corrected chi connectivity index (χ1v) is 13.6. The van der Waals surface area contributed by atoms with Gasteiger partial charge in [-0.2, -0.15) is 0 Å². The molecule has 1 amide bonds. The van der Waals surface area contributed by atoms with Crippen molar-refractivity contribution in [2.75, 3.05) is 24.2 Å². The summed E-state index contributed by atoms with van der Waals surface area (Å²) >= 11 is 1.55. The predicted molar refractivity (Wildman–Crippen MR) is 140 cm³/mol. The summed E-state index contributed by atoms with van der Waals surface area (Å²) in [6.45, 7) is 7.16. The molecule has 2 aromatic heterocycles. The van der Waals surface area contributed by atoms with Crippen LogP contribution in [0.3, 0.4) is 0 Å². The number of benzene rings is 1. The molecule has 36 heavy (non-hydrogen) atoms. The summed E-state index contributed by atoms with van der Waals surface area (Å²) in [5.74, 6) is 0.464. The fourth-order valence-electron chi connectivity index (χ4n) is 4.49. The van der Waals surface area contributed by atoms with Crippen molar-refractivity contribution in [1.29, 1.82) is 0 Å². The number of anilines is 1. The molecule has 1 aromatic carbocycles. The number of hydrogen-bond donors (Lipinski definition) is 4. The Bertz CT molecular complexity index is 1170. The van der Waals surface area contributed by atoms with E-state index < -0.39 is 24.2 Å². The Morgan fingerprint density at radius 3 is 2.67 bits per heavy atom. The number of aliphatic hydroxyl groups excluding tert-OH is 2. The van der Waals surface area contributed by atoms with E-state index >= 15 is 0 Å². The molecule has 4 rings (SSSR count). The topological polar surface area (TPSA) is 138 Å². The minimum atomic E-state index is -1.18. The van der Waals surface area contributed by atoms with E-state index in [1.807, 2.05) is 6.92 Å². The lowest BCUT2D eigenvalue weighted by molar-refractivity contribution is -0.128. The van der Waals surface area contributed by atoms with Crippen molar-refractivity contribution >= 4 is 34.7 Å². The Kier molecular flexibility index (Phi) is 8.76. The summed E-state index contributed by atoms with van der Waals surface area (Å²) < 4.78 is 1.54. The van der Waals surface area contributed by atoms with Gasteiger partial charge in [-0.25, -0.2) is 14.6 Å². The van der Waals surface area contributed by atoms with Crippen LogP contribution in [0.1, 0.15) is 50.3 Å². The predicted octanol–water partition coefficient (Wildman–Crippen LogP) is 2.50. The maximum atomic E-state index is 12.4. The van der Waals surface area contributed by atoms with Crippen LogP contribution in [0.4, 0.5) is 5.82 Å². The molecule has 1 aliphatic carbocycles. The van der Waals surface area contributed by atoms with Gasteiger partial charge in [0.15, 0.2) is 22.1 Å². The zero-order valence-electron chi connectivity index (χ0n) is 21.0. The minimum Gasteiger partial charge on any atom is -0.390 e. The highest BCUT2D eigenvalue weighted by molar-refractivity contribution is 7.99. The van der Waals surface area contributed by atoms with E-state index in [9.17, 15) is 15.0 Å². The number of thioether (sulfide) groups is 1. The molecule has 0 aliphatic heterocycles. The van der Waals surface area contributed by atoms with Crippen molar-refractivity contribution < 1.29 is 15.0 Å². The van der Waals surface area contributed by atoms with Gasteiger partial charge in [0.2, 0.25) is 5.91 Å². The van der Waals surface area contributed by atoms with E-state index in [0.29, 0.717) is 35.2 Å². The third-order valence-electron chi connectivity index (χ3n) is 6.45. The van der Waals surface area contributed by atoms with Crippen LogP contribution >= 0.6 is 11.8 Å². The van der Waals surface area contributed by atoms with E-state index in [-0.39, 0.29) is 12.3 Å². The van der Waals surface area contributed by atoms with Gasteiger partial charge in [-0.05, 0) is 45.1 Å². The van der Waals surface area contributed by atoms with Gasteiger partial charge in [-0.1, -0.05) is 53.7 Å². The lowest BCUT2D eigenvalue weighted by Gasteiger charge is -2.17. The van der Waals surface area contributed by atoms with Crippen LogP contribution in [0.15, 0.2) is 29.4 Å². The number of hydrogen-bond acceptors (Lipinski definition) is 9. The Hall–Kier alpha value is -2.76. The quantitative estimate of drug-likeness (QED) is 0.173. The Labute approximate surface area is 215 Å². The van der Waals surface area contributed by atoms with Crippen molar-refractivity contribution in [3.63, 3.8) is 0 Å². The number of nitrogens with zero attached hydrogens (tertiary/aromatic N) is 5. The summed E-state index contributed by atoms with van der Waals surface area (Å²) in [7, 11) is 0. The third-order valence-corrected chi connectivity index (χ3v) is 7.50. The highest BCUT2D eigenvalue weighted by Crippen LogP contribution is 2.37. The number of aromatic nitrogens is 5. The summed E-state index contributed by atoms with van der Waals surface area (Å²) in [6, 6.07) is 7.93. The van der Waals surface area contributed by atoms with E-state index in [2.05, 4.69) is 69.0 Å². The molecule has 4 N–H and O–H groups in total. The number of nitrogens with one attached hydrogen (secondary N) is 2. The normalized spacial score (nSPS) is 21.7. The molecule has 3 aromatic rings. The van der Waals surface area contributed by atoms with Crippen LogP contribution in [0.2, 0.25) is 0 Å². The van der Waals surface area contributed by atoms with Gasteiger partial charge in [0.25, 0.3) is 0 Å². The fraction of sp³-hybridized carbons (Fsp3) is 0.560. The van der Waals surface area contributed by atoms with Crippen LogP contribution in [0, 0.1) is 12.8 Å². The average Bonchev–Trinajstić information content (AvgIpc) is 3.42. The van der Waals surface area contributed by atoms with Gasteiger partial charge in [0.1, 0.15) is 6.10 Å². The molecule has 1 aliphatic rings. The number of rotatable bonds is 11. The molecule has 0 bridgehead atoms. The maximum absolute atomic E-state index is 12.4. The fourth-order valence-corrected chi connectivity index (χ4v) is 5.18. The van der Waals surface area contributed by atoms with E-state index in [1.54, 1.807) is 11.8 Å². The van der Waals surface area contributed by atoms with Gasteiger partial charge in [0, 0.05) is 18.8 Å². The SMILES string of the molecule is CCCSc1nc(NCCCc2ccc(C)cc2)c2nnn([C@@H]3C[C@H](C(=O)NCC)[C@@H](O)[C@H]3O)c2n1. The third kappa shape index (κ3) is 5.79. The second kappa shape index (κ2) is 12.0. The van der Waals surface area contributed by atoms with Crippen molar-refractivity contribution in [3.8, 4) is 0 Å². The molecule has 1 fully saturated rings. The van der Waals surface area contributed by atoms with Gasteiger partial charge in [0.05, 0.1) is 18.1 Å². The maximum Gasteiger partial charge on any atom is 0.225 e. The van der Waals surface area contributed by atoms with E-state index in [0.717, 1.165) is 25.0 Å². The molecule has 194 valence electrons. The lowest BCUT2D eigenvalue weighted by atomic mass is 10.0. The van der Waals surface area contributed by atoms with Crippen molar-refractivity contribution in [3.05, 3.63) is 35.4 Å². The van der Waals surface area contributed by atoms with Crippen molar-refractivity contribution in [2.45, 2.75) is 69.9 Å². The van der Waals surface area contributed by atoms with Crippen LogP contribution in [-0.2, 0) is 11.2 Å². The summed E-state index contributed by atoms with van der Waals surface area (Å²) in [4.78, 5) is 21.8. The number of fused-ring (bicyclic) bond motifs is 1. The molecule has 11 heteroatoms. The van der Waals surface area contributed by atoms with Crippen molar-refractivity contribution in [2.24, 2.45) is 5.92 Å². The van der Waals surface area contributed by atoms with Gasteiger partial charge in [-0.3, -0.25) is 4.79 Å². The Morgan fingerprint density at radius 1 is 1.17 bits per heavy atom. The molecular weight excluding hydrogens is 478 g/mol. The first-order valence-electron chi connectivity index (χ1n) is 12.6. The van der Waals surface area contributed by atoms with Crippen LogP contribution < -0.4 is 10.6 Å². The van der Waals surface area contributed by atoms with Gasteiger partial charge < -0.3 is 20.8 Å². The van der Waals surface area contributed by atoms with Crippen LogP contribution in [-0.4, -0.2) is 72.1 Å². The second-order valence-electron chi connectivity index (χ2n) is 9.21. The molecule has 2 heterocycles. The minimum absolute atomic E-state index is 0.243. The van der Waals surface area contributed by atoms with Crippen LogP contribution in [0.5, 0.6) is 0 Å². The highest BCUT2D eigenvalue weighted by Gasteiger charge is 2.47. The highest BCUT2D eigenvalue weighted by atomic mass is 32.2. The molecule has 0 radical (unpaired) electrons. The van der Waals surface area contributed by atoms with Gasteiger partial charge >= 0.3 is 0 Å². The monoisotopic (exact) mass is 513 g/mol. The number of amides is 1. The summed E-state index contributed by atoms with van der Waals surface area (Å²) in [5, 5.41) is 36.7. The lowest BCUT2D eigenvalue weighted by Crippen LogP contribution is -2.38. The Balaban J connectivity index is 1.55. The van der Waals surface area contributed by atoms with E-state index in [4.69, 9.17) is 0 Å². The van der Waals surface area contributed by atoms with Crippen LogP contribution in [0.25, 0.3) is 11.2 Å². The molecule has 0 saturated heterocycles. The summed E-state index contributed by atoms with van der Waals surface area (Å²) in [5.41, 5.74) is 3.53. The van der Waals surface area contributed by atoms with Crippen molar-refractivity contribution in [1.82, 2.24) is 30.3 Å². The first kappa shape index (κ1) is 26.3. The number of aliphatic hydroxyl groups is 2. The smallest absolute Gasteiger partial charge is 0.225 e. The molecular formula is C25H35N7O3S. The number of carbonyl (C=O) groups is 1. The zero-order valence-corrected chi connectivity index (χ0v) is 21.8. The van der Waals surface area contributed by atoms with E-state index in [1.165, 1.54) is 15.8 Å². The average molecular weight is 514 g/mol. The molecule has 0 spiro atoms. The first-order chi connectivity index (χ1) is 17.4. The molecule has 1 saturated carbocycles. The molecule has 0 unspecified atom stereocenters. The summed E-state index contributed by atoms with van der Waals surface area (Å²) in [6.07, 6.45) is 0.741. The number of aryl methyl sites for hydroxylation is 2. The Morgan fingerprint density at radius 2 is 1.94 bits per heavy atom. The standard InChI is InChI=1S/C25H35N7O3S/c1-4-13-36-25-28-22(27-12-6-7-16-10-8-15(3)9-11-16)19-23(29-25)32(31-30-19)18-14-17(20(33)21(18)34)24(35)26-5-2/h8-11,17-18,20-21,33-34H,4-7,12-14H2,1-3H3,(H,26,35)(H,27,28,29)/t17-,18+,20+,21-/m0/s1. The number of carbonyl (C=O) groups excluding carboxylic acids is 1. The van der Waals surface area contributed by atoms with Gasteiger partial charge in [-0.15, -0.1) is 5.10 Å². The largest absolute Gasteiger partial charge is 0.390 e. The zero-order chi connectivity index (χ0) is 25.7. The molecule has 4 atom stereocenters. The molecule has 10 nitrogen and oxygen atoms in total.